The van der Waals surface area contributed by atoms with Crippen molar-refractivity contribution in [3.05, 3.63) is 35.6 Å². The van der Waals surface area contributed by atoms with Crippen LogP contribution in [-0.2, 0) is 14.3 Å². The molecule has 2 bridgehead atoms. The van der Waals surface area contributed by atoms with E-state index in [0.29, 0.717) is 12.8 Å². The van der Waals surface area contributed by atoms with Crippen molar-refractivity contribution in [2.24, 2.45) is 10.8 Å². The van der Waals surface area contributed by atoms with E-state index >= 15 is 0 Å². The van der Waals surface area contributed by atoms with Crippen LogP contribution >= 0.6 is 0 Å². The Balaban J connectivity index is 1.51. The molecule has 2 aliphatic carbocycles. The molecule has 3 aliphatic rings. The monoisotopic (exact) mass is 331 g/mol. The van der Waals surface area contributed by atoms with Gasteiger partial charge < -0.3 is 10.1 Å². The maximum Gasteiger partial charge on any atom is 0.313 e. The molecule has 1 heterocycles. The molecule has 4 nitrogen and oxygen atoms in total. The molecule has 4 rings (SSSR count). The third-order valence-electron chi connectivity index (χ3n) is 6.83. The molecule has 4 atom stereocenters. The predicted octanol–water partition coefficient (Wildman–Crippen LogP) is 2.92. The van der Waals surface area contributed by atoms with Gasteiger partial charge in [-0.05, 0) is 43.9 Å². The highest BCUT2D eigenvalue weighted by Crippen LogP contribution is 2.65. The van der Waals surface area contributed by atoms with Crippen LogP contribution in [0.3, 0.4) is 0 Å². The molecular formula is C19H22FNO3. The fourth-order valence-corrected chi connectivity index (χ4v) is 4.49. The highest BCUT2D eigenvalue weighted by Gasteiger charge is 2.75. The predicted molar refractivity (Wildman–Crippen MR) is 85.6 cm³/mol. The summed E-state index contributed by atoms with van der Waals surface area (Å²) in [4.78, 5) is 25.2. The second-order valence-electron chi connectivity index (χ2n) is 8.15. The summed E-state index contributed by atoms with van der Waals surface area (Å²) < 4.78 is 19.0. The van der Waals surface area contributed by atoms with Crippen molar-refractivity contribution in [2.45, 2.75) is 57.6 Å². The van der Waals surface area contributed by atoms with Crippen molar-refractivity contribution in [3.63, 3.8) is 0 Å². The smallest absolute Gasteiger partial charge is 0.313 e. The van der Waals surface area contributed by atoms with E-state index in [-0.39, 0.29) is 29.7 Å². The minimum Gasteiger partial charge on any atom is -0.448 e. The number of esters is 1. The van der Waals surface area contributed by atoms with E-state index in [1.165, 1.54) is 12.1 Å². The average Bonchev–Trinajstić information content (AvgIpc) is 3.22. The molecule has 1 N–H and O–H groups in total. The number of hydrogen-bond acceptors (Lipinski definition) is 3. The van der Waals surface area contributed by atoms with Gasteiger partial charge in [-0.3, -0.25) is 9.59 Å². The van der Waals surface area contributed by atoms with Gasteiger partial charge in [0.05, 0.1) is 5.41 Å². The summed E-state index contributed by atoms with van der Waals surface area (Å²) in [6, 6.07) is 6.48. The van der Waals surface area contributed by atoms with Crippen LogP contribution in [0.1, 0.15) is 51.5 Å². The molecule has 2 saturated carbocycles. The summed E-state index contributed by atoms with van der Waals surface area (Å²) in [5.41, 5.74) is -1.31. The quantitative estimate of drug-likeness (QED) is 0.867. The minimum absolute atomic E-state index is 0.0179. The molecule has 5 heteroatoms. The summed E-state index contributed by atoms with van der Waals surface area (Å²) in [6.07, 6.45) is 2.02. The van der Waals surface area contributed by atoms with Crippen LogP contribution in [0.4, 0.5) is 4.39 Å². The fourth-order valence-electron chi connectivity index (χ4n) is 4.49. The highest BCUT2D eigenvalue weighted by molar-refractivity contribution is 5.96. The van der Waals surface area contributed by atoms with Crippen molar-refractivity contribution in [1.82, 2.24) is 5.32 Å². The Bertz CT molecular complexity index is 746. The Kier molecular flexibility index (Phi) is 2.98. The SMILES string of the molecule is CC12CCC(C(=O)N[C@H]3C[C@@H]3c3cccc(F)c3)(OC1=O)C2(C)C. The number of carbonyl (C=O) groups is 2. The lowest BCUT2D eigenvalue weighted by molar-refractivity contribution is -0.168. The van der Waals surface area contributed by atoms with E-state index in [1.54, 1.807) is 6.07 Å². The van der Waals surface area contributed by atoms with Gasteiger partial charge in [-0.2, -0.15) is 0 Å². The van der Waals surface area contributed by atoms with E-state index in [2.05, 4.69) is 5.32 Å². The van der Waals surface area contributed by atoms with Gasteiger partial charge in [0.15, 0.2) is 5.60 Å². The van der Waals surface area contributed by atoms with Crippen LogP contribution in [-0.4, -0.2) is 23.5 Å². The molecular weight excluding hydrogens is 309 g/mol. The Morgan fingerprint density at radius 2 is 2.04 bits per heavy atom. The molecule has 0 aromatic heterocycles. The number of fused-ring (bicyclic) bond motifs is 2. The van der Waals surface area contributed by atoms with Crippen LogP contribution in [0.2, 0.25) is 0 Å². The maximum absolute atomic E-state index is 13.4. The van der Waals surface area contributed by atoms with Crippen LogP contribution in [0.5, 0.6) is 0 Å². The van der Waals surface area contributed by atoms with Crippen molar-refractivity contribution in [1.29, 1.82) is 0 Å². The summed E-state index contributed by atoms with van der Waals surface area (Å²) in [5, 5.41) is 3.04. The average molecular weight is 331 g/mol. The van der Waals surface area contributed by atoms with Crippen molar-refractivity contribution >= 4 is 11.9 Å². The van der Waals surface area contributed by atoms with Gasteiger partial charge in [0.25, 0.3) is 5.91 Å². The molecule has 0 radical (unpaired) electrons. The number of rotatable bonds is 3. The first-order chi connectivity index (χ1) is 11.2. The molecule has 3 fully saturated rings. The zero-order chi connectivity index (χ0) is 17.3. The van der Waals surface area contributed by atoms with Crippen LogP contribution < -0.4 is 5.32 Å². The van der Waals surface area contributed by atoms with Gasteiger partial charge in [-0.25, -0.2) is 4.39 Å². The zero-order valence-electron chi connectivity index (χ0n) is 14.2. The van der Waals surface area contributed by atoms with Crippen molar-refractivity contribution in [2.75, 3.05) is 0 Å². The number of amides is 1. The van der Waals surface area contributed by atoms with Gasteiger partial charge in [-0.15, -0.1) is 0 Å². The fraction of sp³-hybridized carbons (Fsp3) is 0.579. The summed E-state index contributed by atoms with van der Waals surface area (Å²) in [6.45, 7) is 5.78. The van der Waals surface area contributed by atoms with E-state index in [0.717, 1.165) is 12.0 Å². The lowest BCUT2D eigenvalue weighted by atomic mass is 9.66. The topological polar surface area (TPSA) is 55.4 Å². The molecule has 128 valence electrons. The Labute approximate surface area is 140 Å². The summed E-state index contributed by atoms with van der Waals surface area (Å²) in [5.74, 6) is -0.605. The van der Waals surface area contributed by atoms with Crippen molar-refractivity contribution in [3.8, 4) is 0 Å². The molecule has 2 unspecified atom stereocenters. The number of hydrogen-bond donors (Lipinski definition) is 1. The van der Waals surface area contributed by atoms with Gasteiger partial charge in [0.1, 0.15) is 5.82 Å². The lowest BCUT2D eigenvalue weighted by Crippen LogP contribution is -2.54. The number of nitrogens with one attached hydrogen (secondary N) is 1. The normalized spacial score (nSPS) is 38.8. The van der Waals surface area contributed by atoms with E-state index in [9.17, 15) is 14.0 Å². The molecule has 1 saturated heterocycles. The van der Waals surface area contributed by atoms with Crippen LogP contribution in [0.25, 0.3) is 0 Å². The van der Waals surface area contributed by atoms with Crippen LogP contribution in [0.15, 0.2) is 24.3 Å². The lowest BCUT2D eigenvalue weighted by Gasteiger charge is -2.35. The molecule has 24 heavy (non-hydrogen) atoms. The summed E-state index contributed by atoms with van der Waals surface area (Å²) >= 11 is 0. The highest BCUT2D eigenvalue weighted by atomic mass is 19.1. The second-order valence-corrected chi connectivity index (χ2v) is 8.15. The number of carbonyl (C=O) groups excluding carboxylic acids is 2. The Hall–Kier alpha value is -1.91. The standard InChI is InChI=1S/C19H22FNO3/c1-17(2)18(3)7-8-19(17,24-16(18)23)15(22)21-14-10-13(14)11-5-4-6-12(20)9-11/h4-6,9,13-14H,7-8,10H2,1-3H3,(H,21,22)/t13-,14+,18?,19?/m1/s1. The van der Waals surface area contributed by atoms with Gasteiger partial charge in [0, 0.05) is 17.4 Å². The summed E-state index contributed by atoms with van der Waals surface area (Å²) in [7, 11) is 0. The van der Waals surface area contributed by atoms with Crippen LogP contribution in [0, 0.1) is 16.6 Å². The molecule has 0 spiro atoms. The first kappa shape index (κ1) is 15.6. The van der Waals surface area contributed by atoms with Gasteiger partial charge in [0.2, 0.25) is 0 Å². The largest absolute Gasteiger partial charge is 0.448 e. The number of benzene rings is 1. The first-order valence-corrected chi connectivity index (χ1v) is 8.51. The Morgan fingerprint density at radius 3 is 2.62 bits per heavy atom. The molecule has 1 aliphatic heterocycles. The van der Waals surface area contributed by atoms with Gasteiger partial charge in [-0.1, -0.05) is 26.0 Å². The third-order valence-corrected chi connectivity index (χ3v) is 6.83. The minimum atomic E-state index is -1.08. The molecule has 1 aromatic carbocycles. The van der Waals surface area contributed by atoms with Crippen molar-refractivity contribution < 1.29 is 18.7 Å². The molecule has 1 aromatic rings. The van der Waals surface area contributed by atoms with E-state index in [4.69, 9.17) is 4.74 Å². The first-order valence-electron chi connectivity index (χ1n) is 8.51. The maximum atomic E-state index is 13.4. The third kappa shape index (κ3) is 1.78. The zero-order valence-corrected chi connectivity index (χ0v) is 14.2. The number of halogens is 1. The molecule has 1 amide bonds. The van der Waals surface area contributed by atoms with Gasteiger partial charge >= 0.3 is 5.97 Å². The van der Waals surface area contributed by atoms with E-state index < -0.39 is 16.4 Å². The second kappa shape index (κ2) is 4.58. The number of ether oxygens (including phenoxy) is 1. The Morgan fingerprint density at radius 1 is 1.29 bits per heavy atom. The van der Waals surface area contributed by atoms with E-state index in [1.807, 2.05) is 26.8 Å².